The Morgan fingerprint density at radius 1 is 1.32 bits per heavy atom. The predicted octanol–water partition coefficient (Wildman–Crippen LogP) is 4.16. The molecule has 0 saturated carbocycles. The van der Waals surface area contributed by atoms with E-state index in [4.69, 9.17) is 16.3 Å². The van der Waals surface area contributed by atoms with E-state index in [1.54, 1.807) is 13.3 Å². The van der Waals surface area contributed by atoms with Crippen LogP contribution < -0.4 is 10.1 Å². The highest BCUT2D eigenvalue weighted by atomic mass is 79.9. The molecule has 100 valence electrons. The van der Waals surface area contributed by atoms with Crippen LogP contribution >= 0.6 is 27.5 Å². The van der Waals surface area contributed by atoms with Crippen LogP contribution in [-0.4, -0.2) is 18.6 Å². The molecule has 0 saturated heterocycles. The number of hydrogen-bond acceptors (Lipinski definition) is 3. The number of ether oxygens (including phenoxy) is 1. The molecule has 0 aliphatic rings. The van der Waals surface area contributed by atoms with Gasteiger partial charge in [0.05, 0.1) is 16.6 Å². The molecule has 0 radical (unpaired) electrons. The van der Waals surface area contributed by atoms with Crippen molar-refractivity contribution in [2.45, 2.75) is 6.42 Å². The molecule has 3 nitrogen and oxygen atoms in total. The van der Waals surface area contributed by atoms with Crippen molar-refractivity contribution in [3.8, 4) is 5.75 Å². The van der Waals surface area contributed by atoms with Crippen LogP contribution in [0.2, 0.25) is 5.02 Å². The second-order valence-electron chi connectivity index (χ2n) is 4.01. The summed E-state index contributed by atoms with van der Waals surface area (Å²) in [6.07, 6.45) is 2.54. The molecule has 19 heavy (non-hydrogen) atoms. The van der Waals surface area contributed by atoms with E-state index in [-0.39, 0.29) is 0 Å². The van der Waals surface area contributed by atoms with Gasteiger partial charge in [-0.2, -0.15) is 0 Å². The summed E-state index contributed by atoms with van der Waals surface area (Å²) in [5, 5.41) is 3.89. The minimum absolute atomic E-state index is 0.618. The lowest BCUT2D eigenvalue weighted by atomic mass is 10.1. The molecule has 2 rings (SSSR count). The number of rotatable bonds is 5. The van der Waals surface area contributed by atoms with Gasteiger partial charge in [-0.05, 0) is 46.1 Å². The van der Waals surface area contributed by atoms with Gasteiger partial charge in [0, 0.05) is 12.7 Å². The topological polar surface area (TPSA) is 34.1 Å². The molecule has 2 aromatic rings. The van der Waals surface area contributed by atoms with E-state index < -0.39 is 0 Å². The number of nitrogens with one attached hydrogen (secondary N) is 1. The van der Waals surface area contributed by atoms with Crippen molar-refractivity contribution in [1.29, 1.82) is 0 Å². The maximum Gasteiger partial charge on any atom is 0.140 e. The number of nitrogens with zero attached hydrogens (tertiary/aromatic N) is 1. The van der Waals surface area contributed by atoms with Gasteiger partial charge in [0.25, 0.3) is 0 Å². The minimum atomic E-state index is 0.618. The van der Waals surface area contributed by atoms with E-state index in [1.165, 1.54) is 5.56 Å². The van der Waals surface area contributed by atoms with Gasteiger partial charge in [-0.25, -0.2) is 4.98 Å². The van der Waals surface area contributed by atoms with Crippen molar-refractivity contribution in [3.05, 3.63) is 51.6 Å². The number of methoxy groups -OCH3 is 1. The highest BCUT2D eigenvalue weighted by Crippen LogP contribution is 2.23. The molecule has 0 aliphatic heterocycles. The lowest BCUT2D eigenvalue weighted by Crippen LogP contribution is -2.06. The smallest absolute Gasteiger partial charge is 0.140 e. The van der Waals surface area contributed by atoms with Crippen molar-refractivity contribution >= 4 is 33.3 Å². The lowest BCUT2D eigenvalue weighted by Gasteiger charge is -2.08. The van der Waals surface area contributed by atoms with E-state index >= 15 is 0 Å². The molecule has 0 amide bonds. The highest BCUT2D eigenvalue weighted by molar-refractivity contribution is 9.10. The quantitative estimate of drug-likeness (QED) is 0.886. The van der Waals surface area contributed by atoms with Crippen LogP contribution in [0.15, 0.2) is 41.0 Å². The van der Waals surface area contributed by atoms with Crippen LogP contribution in [0, 0.1) is 0 Å². The van der Waals surface area contributed by atoms with Gasteiger partial charge in [-0.3, -0.25) is 0 Å². The van der Waals surface area contributed by atoms with E-state index in [2.05, 4.69) is 38.4 Å². The summed E-state index contributed by atoms with van der Waals surface area (Å²) in [5.74, 6) is 1.68. The second kappa shape index (κ2) is 6.78. The SMILES string of the molecule is COc1ccc(CCNc2ncc(Cl)cc2Br)cc1. The Bertz CT molecular complexity index is 546. The number of halogens is 2. The molecular weight excluding hydrogens is 328 g/mol. The number of aromatic nitrogens is 1. The zero-order chi connectivity index (χ0) is 13.7. The van der Waals surface area contributed by atoms with Crippen molar-refractivity contribution in [2.75, 3.05) is 19.0 Å². The summed E-state index contributed by atoms with van der Waals surface area (Å²) in [5.41, 5.74) is 1.25. The molecule has 0 unspecified atom stereocenters. The average Bonchev–Trinajstić information content (AvgIpc) is 2.42. The maximum absolute atomic E-state index is 5.84. The third kappa shape index (κ3) is 4.11. The summed E-state index contributed by atoms with van der Waals surface area (Å²) in [4.78, 5) is 4.23. The third-order valence-corrected chi connectivity index (χ3v) is 3.48. The first-order valence-electron chi connectivity index (χ1n) is 5.87. The van der Waals surface area contributed by atoms with Gasteiger partial charge in [-0.15, -0.1) is 0 Å². The van der Waals surface area contributed by atoms with Gasteiger partial charge < -0.3 is 10.1 Å². The van der Waals surface area contributed by atoms with Crippen molar-refractivity contribution in [3.63, 3.8) is 0 Å². The Morgan fingerprint density at radius 3 is 2.68 bits per heavy atom. The van der Waals surface area contributed by atoms with Crippen molar-refractivity contribution in [1.82, 2.24) is 4.98 Å². The molecule has 0 spiro atoms. The van der Waals surface area contributed by atoms with Crippen LogP contribution in [0.1, 0.15) is 5.56 Å². The molecule has 1 heterocycles. The Balaban J connectivity index is 1.88. The second-order valence-corrected chi connectivity index (χ2v) is 5.30. The van der Waals surface area contributed by atoms with Gasteiger partial charge in [-0.1, -0.05) is 23.7 Å². The standard InChI is InChI=1S/C14H14BrClN2O/c1-19-12-4-2-10(3-5-12)6-7-17-14-13(15)8-11(16)9-18-14/h2-5,8-9H,6-7H2,1H3,(H,17,18). The Morgan fingerprint density at radius 2 is 2.05 bits per heavy atom. The molecule has 1 N–H and O–H groups in total. The number of pyridine rings is 1. The maximum atomic E-state index is 5.84. The monoisotopic (exact) mass is 340 g/mol. The summed E-state index contributed by atoms with van der Waals surface area (Å²) in [7, 11) is 1.67. The summed E-state index contributed by atoms with van der Waals surface area (Å²) in [6.45, 7) is 0.805. The Labute approximate surface area is 126 Å². The minimum Gasteiger partial charge on any atom is -0.497 e. The van der Waals surface area contributed by atoms with Crippen molar-refractivity contribution in [2.24, 2.45) is 0 Å². The molecule has 0 bridgehead atoms. The van der Waals surface area contributed by atoms with Crippen LogP contribution in [0.4, 0.5) is 5.82 Å². The fourth-order valence-electron chi connectivity index (χ4n) is 1.66. The van der Waals surface area contributed by atoms with Crippen molar-refractivity contribution < 1.29 is 4.74 Å². The Hall–Kier alpha value is -1.26. The molecule has 5 heteroatoms. The molecule has 0 fully saturated rings. The normalized spacial score (nSPS) is 10.3. The first-order valence-corrected chi connectivity index (χ1v) is 7.04. The largest absolute Gasteiger partial charge is 0.497 e. The highest BCUT2D eigenvalue weighted by Gasteiger charge is 2.02. The third-order valence-electron chi connectivity index (χ3n) is 2.67. The first kappa shape index (κ1) is 14.2. The Kier molecular flexibility index (Phi) is 5.05. The summed E-state index contributed by atoms with van der Waals surface area (Å²) < 4.78 is 6.00. The summed E-state index contributed by atoms with van der Waals surface area (Å²) >= 11 is 9.27. The first-order chi connectivity index (χ1) is 9.19. The van der Waals surface area contributed by atoms with Crippen LogP contribution in [-0.2, 0) is 6.42 Å². The fraction of sp³-hybridized carbons (Fsp3) is 0.214. The van der Waals surface area contributed by atoms with Gasteiger partial charge in [0.2, 0.25) is 0 Å². The molecule has 1 aromatic heterocycles. The number of anilines is 1. The zero-order valence-corrected chi connectivity index (χ0v) is 12.8. The number of benzene rings is 1. The molecule has 0 aliphatic carbocycles. The van der Waals surface area contributed by atoms with Crippen LogP contribution in [0.5, 0.6) is 5.75 Å². The molecule has 1 aromatic carbocycles. The van der Waals surface area contributed by atoms with E-state index in [0.717, 1.165) is 29.0 Å². The molecular formula is C14H14BrClN2O. The van der Waals surface area contributed by atoms with Gasteiger partial charge in [0.15, 0.2) is 0 Å². The summed E-state index contributed by atoms with van der Waals surface area (Å²) in [6, 6.07) is 9.87. The molecule has 0 atom stereocenters. The lowest BCUT2D eigenvalue weighted by molar-refractivity contribution is 0.414. The van der Waals surface area contributed by atoms with Crippen LogP contribution in [0.3, 0.4) is 0 Å². The van der Waals surface area contributed by atoms with E-state index in [9.17, 15) is 0 Å². The van der Waals surface area contributed by atoms with E-state index in [1.807, 2.05) is 18.2 Å². The van der Waals surface area contributed by atoms with Gasteiger partial charge in [0.1, 0.15) is 11.6 Å². The predicted molar refractivity (Wildman–Crippen MR) is 82.1 cm³/mol. The zero-order valence-electron chi connectivity index (χ0n) is 10.5. The van der Waals surface area contributed by atoms with Gasteiger partial charge >= 0.3 is 0 Å². The fourth-order valence-corrected chi connectivity index (χ4v) is 2.44. The van der Waals surface area contributed by atoms with E-state index in [0.29, 0.717) is 5.02 Å². The van der Waals surface area contributed by atoms with Crippen LogP contribution in [0.25, 0.3) is 0 Å². The number of hydrogen-bond donors (Lipinski definition) is 1. The average molecular weight is 342 g/mol.